The van der Waals surface area contributed by atoms with Crippen LogP contribution in [0.3, 0.4) is 0 Å². The van der Waals surface area contributed by atoms with Crippen molar-refractivity contribution in [1.29, 1.82) is 0 Å². The average Bonchev–Trinajstić information content (AvgIpc) is 2.65. The second-order valence-corrected chi connectivity index (χ2v) is 10.8. The maximum absolute atomic E-state index is 4.92. The Hall–Kier alpha value is -2.48. The van der Waals surface area contributed by atoms with Gasteiger partial charge in [-0.25, -0.2) is 0 Å². The first-order valence-corrected chi connectivity index (χ1v) is 11.0. The lowest BCUT2D eigenvalue weighted by atomic mass is 9.77. The molecule has 3 rings (SSSR count). The molecular formula is C28H36N2. The van der Waals surface area contributed by atoms with E-state index in [1.54, 1.807) is 0 Å². The molecule has 2 nitrogen and oxygen atoms in total. The highest BCUT2D eigenvalue weighted by Crippen LogP contribution is 2.42. The number of azo groups is 1. The normalized spacial score (nSPS) is 13.0. The summed E-state index contributed by atoms with van der Waals surface area (Å²) in [6.07, 6.45) is 0. The van der Waals surface area contributed by atoms with Crippen LogP contribution in [0.1, 0.15) is 83.6 Å². The van der Waals surface area contributed by atoms with E-state index in [0.717, 1.165) is 22.3 Å². The first kappa shape index (κ1) is 22.2. The molecule has 0 heterocycles. The molecule has 158 valence electrons. The van der Waals surface area contributed by atoms with Crippen molar-refractivity contribution >= 4 is 22.1 Å². The molecule has 3 aromatic carbocycles. The van der Waals surface area contributed by atoms with Gasteiger partial charge in [-0.1, -0.05) is 104 Å². The fourth-order valence-electron chi connectivity index (χ4n) is 3.81. The number of aryl methyl sites for hydroxylation is 1. The number of hydrogen-bond donors (Lipinski definition) is 0. The van der Waals surface area contributed by atoms with Crippen molar-refractivity contribution in [2.75, 3.05) is 0 Å². The molecule has 0 saturated carbocycles. The van der Waals surface area contributed by atoms with Gasteiger partial charge < -0.3 is 0 Å². The number of nitrogens with zero attached hydrogens (tertiary/aromatic N) is 2. The fourth-order valence-corrected chi connectivity index (χ4v) is 3.81. The van der Waals surface area contributed by atoms with Crippen LogP contribution in [-0.2, 0) is 10.8 Å². The van der Waals surface area contributed by atoms with Gasteiger partial charge in [0.2, 0.25) is 0 Å². The molecule has 0 amide bonds. The lowest BCUT2D eigenvalue weighted by molar-refractivity contribution is 0.566. The Kier molecular flexibility index (Phi) is 5.91. The number of fused-ring (bicyclic) bond motifs is 1. The van der Waals surface area contributed by atoms with E-state index in [1.165, 1.54) is 22.1 Å². The predicted octanol–water partition coefficient (Wildman–Crippen LogP) is 9.28. The first-order chi connectivity index (χ1) is 13.9. The van der Waals surface area contributed by atoms with Gasteiger partial charge in [0.1, 0.15) is 0 Å². The summed E-state index contributed by atoms with van der Waals surface area (Å²) in [5.74, 6) is 0.371. The topological polar surface area (TPSA) is 24.7 Å². The Balaban J connectivity index is 2.27. The van der Waals surface area contributed by atoms with Crippen molar-refractivity contribution in [1.82, 2.24) is 0 Å². The SMILES string of the molecule is Cc1ccc2ccccc2c1N=Nc1c(C(C)C)cc(C(C)(C)C)cc1C(C)(C)C. The molecule has 0 radical (unpaired) electrons. The lowest BCUT2D eigenvalue weighted by Gasteiger charge is -2.29. The van der Waals surface area contributed by atoms with E-state index in [0.29, 0.717) is 5.92 Å². The molecule has 0 bridgehead atoms. The Morgan fingerprint density at radius 3 is 1.97 bits per heavy atom. The third-order valence-electron chi connectivity index (χ3n) is 5.79. The van der Waals surface area contributed by atoms with E-state index in [4.69, 9.17) is 10.2 Å². The maximum atomic E-state index is 4.92. The lowest BCUT2D eigenvalue weighted by Crippen LogP contribution is -2.17. The van der Waals surface area contributed by atoms with Crippen LogP contribution in [0.2, 0.25) is 0 Å². The molecule has 0 fully saturated rings. The third kappa shape index (κ3) is 4.48. The van der Waals surface area contributed by atoms with Gasteiger partial charge in [-0.05, 0) is 51.3 Å². The molecule has 3 aromatic rings. The summed E-state index contributed by atoms with van der Waals surface area (Å²) in [6.45, 7) is 20.2. The van der Waals surface area contributed by atoms with Crippen molar-refractivity contribution in [3.8, 4) is 0 Å². The fraction of sp³-hybridized carbons (Fsp3) is 0.429. The summed E-state index contributed by atoms with van der Waals surface area (Å²) in [4.78, 5) is 0. The van der Waals surface area contributed by atoms with E-state index >= 15 is 0 Å². The molecule has 0 aliphatic heterocycles. The van der Waals surface area contributed by atoms with Gasteiger partial charge in [-0.2, -0.15) is 0 Å². The molecule has 0 aromatic heterocycles. The van der Waals surface area contributed by atoms with Crippen LogP contribution in [0, 0.1) is 6.92 Å². The highest BCUT2D eigenvalue weighted by atomic mass is 15.1. The predicted molar refractivity (Wildman–Crippen MR) is 131 cm³/mol. The van der Waals surface area contributed by atoms with Gasteiger partial charge in [-0.3, -0.25) is 0 Å². The number of hydrogen-bond acceptors (Lipinski definition) is 2. The van der Waals surface area contributed by atoms with Gasteiger partial charge >= 0.3 is 0 Å². The number of rotatable bonds is 3. The van der Waals surface area contributed by atoms with Crippen molar-refractivity contribution in [2.24, 2.45) is 10.2 Å². The van der Waals surface area contributed by atoms with E-state index in [2.05, 4.69) is 111 Å². The van der Waals surface area contributed by atoms with Gasteiger partial charge in [0.25, 0.3) is 0 Å². The quantitative estimate of drug-likeness (QED) is 0.391. The molecule has 0 aliphatic carbocycles. The molecule has 0 N–H and O–H groups in total. The van der Waals surface area contributed by atoms with Gasteiger partial charge in [0.15, 0.2) is 0 Å². The minimum Gasteiger partial charge on any atom is -0.150 e. The van der Waals surface area contributed by atoms with Crippen molar-refractivity contribution in [3.63, 3.8) is 0 Å². The Labute approximate surface area is 182 Å². The van der Waals surface area contributed by atoms with Crippen LogP contribution >= 0.6 is 0 Å². The summed E-state index contributed by atoms with van der Waals surface area (Å²) in [5.41, 5.74) is 7.09. The third-order valence-corrected chi connectivity index (χ3v) is 5.79. The zero-order valence-electron chi connectivity index (χ0n) is 20.1. The second-order valence-electron chi connectivity index (χ2n) is 10.8. The van der Waals surface area contributed by atoms with Gasteiger partial charge in [0, 0.05) is 5.39 Å². The van der Waals surface area contributed by atoms with E-state index in [1.807, 2.05) is 0 Å². The maximum Gasteiger partial charge on any atom is 0.0964 e. The van der Waals surface area contributed by atoms with Crippen LogP contribution in [0.5, 0.6) is 0 Å². The minimum atomic E-state index is -0.0208. The minimum absolute atomic E-state index is 0.0208. The molecule has 30 heavy (non-hydrogen) atoms. The highest BCUT2D eigenvalue weighted by molar-refractivity contribution is 5.93. The largest absolute Gasteiger partial charge is 0.150 e. The summed E-state index contributed by atoms with van der Waals surface area (Å²) in [6, 6.07) is 17.4. The van der Waals surface area contributed by atoms with E-state index in [9.17, 15) is 0 Å². The van der Waals surface area contributed by atoms with Crippen LogP contribution < -0.4 is 0 Å². The first-order valence-electron chi connectivity index (χ1n) is 11.0. The Morgan fingerprint density at radius 1 is 0.733 bits per heavy atom. The Bertz CT molecular complexity index is 1090. The van der Waals surface area contributed by atoms with Crippen LogP contribution in [0.25, 0.3) is 10.8 Å². The molecule has 0 atom stereocenters. The summed E-state index contributed by atoms with van der Waals surface area (Å²) < 4.78 is 0. The smallest absolute Gasteiger partial charge is 0.0964 e. The standard InChI is InChI=1S/C28H36N2/c1-18(2)23-16-21(27(4,5)6)17-24(28(7,8)9)26(23)30-29-25-19(3)14-15-20-12-10-11-13-22(20)25/h10-18H,1-9H3. The zero-order valence-corrected chi connectivity index (χ0v) is 20.1. The summed E-state index contributed by atoms with van der Waals surface area (Å²) in [5, 5.41) is 12.1. The zero-order chi connectivity index (χ0) is 22.3. The van der Waals surface area contributed by atoms with Crippen LogP contribution in [0.4, 0.5) is 11.4 Å². The van der Waals surface area contributed by atoms with E-state index < -0.39 is 0 Å². The number of benzene rings is 3. The highest BCUT2D eigenvalue weighted by Gasteiger charge is 2.26. The van der Waals surface area contributed by atoms with Gasteiger partial charge in [0.05, 0.1) is 11.4 Å². The summed E-state index contributed by atoms with van der Waals surface area (Å²) in [7, 11) is 0. The molecule has 0 aliphatic rings. The van der Waals surface area contributed by atoms with E-state index in [-0.39, 0.29) is 10.8 Å². The molecule has 0 spiro atoms. The molecule has 0 saturated heterocycles. The van der Waals surface area contributed by atoms with Crippen LogP contribution in [0.15, 0.2) is 58.8 Å². The Morgan fingerprint density at radius 2 is 1.37 bits per heavy atom. The van der Waals surface area contributed by atoms with Crippen molar-refractivity contribution in [3.05, 3.63) is 70.8 Å². The van der Waals surface area contributed by atoms with Crippen molar-refractivity contribution < 1.29 is 0 Å². The second kappa shape index (κ2) is 7.98. The van der Waals surface area contributed by atoms with Crippen molar-refractivity contribution in [2.45, 2.75) is 79.1 Å². The molecular weight excluding hydrogens is 364 g/mol. The van der Waals surface area contributed by atoms with Crippen LogP contribution in [-0.4, -0.2) is 0 Å². The summed E-state index contributed by atoms with van der Waals surface area (Å²) >= 11 is 0. The molecule has 0 unspecified atom stereocenters. The average molecular weight is 401 g/mol. The van der Waals surface area contributed by atoms with Gasteiger partial charge in [-0.15, -0.1) is 10.2 Å². The molecule has 2 heteroatoms. The monoisotopic (exact) mass is 400 g/mol.